The van der Waals surface area contributed by atoms with Crippen molar-refractivity contribution < 1.29 is 8.78 Å². The Hall–Kier alpha value is -1.56. The second-order valence-electron chi connectivity index (χ2n) is 4.29. The van der Waals surface area contributed by atoms with E-state index in [0.29, 0.717) is 17.2 Å². The molecule has 0 amide bonds. The molecular weight excluding hydrogens is 328 g/mol. The van der Waals surface area contributed by atoms with Gasteiger partial charge in [-0.2, -0.15) is 0 Å². The van der Waals surface area contributed by atoms with E-state index < -0.39 is 11.6 Å². The van der Waals surface area contributed by atoms with Crippen molar-refractivity contribution >= 4 is 21.7 Å². The summed E-state index contributed by atoms with van der Waals surface area (Å²) in [7, 11) is 1.75. The van der Waals surface area contributed by atoms with Gasteiger partial charge in [0.1, 0.15) is 5.82 Å². The van der Waals surface area contributed by atoms with Gasteiger partial charge in [-0.3, -0.25) is 0 Å². The maximum absolute atomic E-state index is 13.6. The fourth-order valence-corrected chi connectivity index (χ4v) is 2.33. The smallest absolute Gasteiger partial charge is 0.173 e. The molecule has 0 radical (unpaired) electrons. The van der Waals surface area contributed by atoms with Gasteiger partial charge >= 0.3 is 0 Å². The molecule has 0 atom stereocenters. The quantitative estimate of drug-likeness (QED) is 0.847. The summed E-state index contributed by atoms with van der Waals surface area (Å²) in [4.78, 5) is 8.70. The molecule has 0 fully saturated rings. The van der Waals surface area contributed by atoms with E-state index in [4.69, 9.17) is 0 Å². The van der Waals surface area contributed by atoms with Crippen LogP contribution in [0.15, 0.2) is 22.7 Å². The first-order valence-electron chi connectivity index (χ1n) is 6.26. The van der Waals surface area contributed by atoms with Crippen molar-refractivity contribution in [2.24, 2.45) is 0 Å². The molecule has 1 aromatic heterocycles. The Bertz CT molecular complexity index is 632. The Labute approximate surface area is 124 Å². The molecule has 0 saturated heterocycles. The van der Waals surface area contributed by atoms with E-state index in [-0.39, 0.29) is 4.47 Å². The molecule has 0 aliphatic carbocycles. The number of hydrogen-bond donors (Lipinski definition) is 1. The lowest BCUT2D eigenvalue weighted by molar-refractivity contribution is 0.504. The van der Waals surface area contributed by atoms with Gasteiger partial charge < -0.3 is 5.32 Å². The van der Waals surface area contributed by atoms with Crippen LogP contribution >= 0.6 is 15.9 Å². The minimum Gasteiger partial charge on any atom is -0.373 e. The summed E-state index contributed by atoms with van der Waals surface area (Å²) < 4.78 is 26.8. The summed E-state index contributed by atoms with van der Waals surface area (Å²) >= 11 is 3.06. The first kappa shape index (κ1) is 14.8. The van der Waals surface area contributed by atoms with E-state index in [1.54, 1.807) is 7.05 Å². The predicted octanol–water partition coefficient (Wildman–Crippen LogP) is 4.18. The van der Waals surface area contributed by atoms with Crippen LogP contribution in [0, 0.1) is 11.6 Å². The zero-order chi connectivity index (χ0) is 14.7. The summed E-state index contributed by atoms with van der Waals surface area (Å²) in [6.45, 7) is 2.05. The summed E-state index contributed by atoms with van der Waals surface area (Å²) in [5, 5.41) is 2.95. The molecule has 0 saturated carbocycles. The van der Waals surface area contributed by atoms with Crippen LogP contribution in [0.1, 0.15) is 19.0 Å². The average Bonchev–Trinajstić information content (AvgIpc) is 2.45. The van der Waals surface area contributed by atoms with Crippen molar-refractivity contribution in [2.75, 3.05) is 12.4 Å². The number of benzene rings is 1. The third-order valence-electron chi connectivity index (χ3n) is 2.82. The van der Waals surface area contributed by atoms with Gasteiger partial charge in [-0.1, -0.05) is 13.3 Å². The van der Waals surface area contributed by atoms with Gasteiger partial charge in [0, 0.05) is 24.4 Å². The number of aryl methyl sites for hydroxylation is 1. The number of aromatic nitrogens is 2. The molecular formula is C14H14BrF2N3. The van der Waals surface area contributed by atoms with Crippen LogP contribution in [-0.2, 0) is 6.42 Å². The molecule has 2 rings (SSSR count). The lowest BCUT2D eigenvalue weighted by Gasteiger charge is -2.09. The van der Waals surface area contributed by atoms with E-state index >= 15 is 0 Å². The van der Waals surface area contributed by atoms with Gasteiger partial charge in [0.2, 0.25) is 0 Å². The van der Waals surface area contributed by atoms with Gasteiger partial charge in [0.05, 0.1) is 4.47 Å². The van der Waals surface area contributed by atoms with E-state index in [0.717, 1.165) is 24.6 Å². The second kappa shape index (κ2) is 6.26. The molecule has 2 aromatic rings. The second-order valence-corrected chi connectivity index (χ2v) is 5.08. The Morgan fingerprint density at radius 1 is 1.25 bits per heavy atom. The van der Waals surface area contributed by atoms with E-state index in [1.165, 1.54) is 6.07 Å². The Balaban J connectivity index is 2.57. The SMILES string of the molecule is CCCc1cc(NC)nc(-c2ccc(F)c(F)c2Br)n1. The number of nitrogens with zero attached hydrogens (tertiary/aromatic N) is 2. The topological polar surface area (TPSA) is 37.8 Å². The van der Waals surface area contributed by atoms with E-state index in [1.807, 2.05) is 13.0 Å². The van der Waals surface area contributed by atoms with Gasteiger partial charge in [-0.15, -0.1) is 0 Å². The van der Waals surface area contributed by atoms with Crippen molar-refractivity contribution in [1.29, 1.82) is 0 Å². The highest BCUT2D eigenvalue weighted by atomic mass is 79.9. The molecule has 20 heavy (non-hydrogen) atoms. The number of nitrogens with one attached hydrogen (secondary N) is 1. The van der Waals surface area contributed by atoms with Gasteiger partial charge in [-0.25, -0.2) is 18.7 Å². The van der Waals surface area contributed by atoms with Crippen LogP contribution < -0.4 is 5.32 Å². The van der Waals surface area contributed by atoms with Crippen LogP contribution in [0.3, 0.4) is 0 Å². The molecule has 0 unspecified atom stereocenters. The van der Waals surface area contributed by atoms with Gasteiger partial charge in [0.15, 0.2) is 17.5 Å². The van der Waals surface area contributed by atoms with Crippen LogP contribution in [0.5, 0.6) is 0 Å². The first-order valence-corrected chi connectivity index (χ1v) is 7.05. The highest BCUT2D eigenvalue weighted by Gasteiger charge is 2.15. The minimum absolute atomic E-state index is 0.0354. The zero-order valence-corrected chi connectivity index (χ0v) is 12.8. The third-order valence-corrected chi connectivity index (χ3v) is 3.59. The number of rotatable bonds is 4. The maximum Gasteiger partial charge on any atom is 0.173 e. The average molecular weight is 342 g/mol. The largest absolute Gasteiger partial charge is 0.373 e. The minimum atomic E-state index is -0.932. The molecule has 1 aromatic carbocycles. The van der Waals surface area contributed by atoms with Crippen molar-refractivity contribution in [1.82, 2.24) is 9.97 Å². The number of hydrogen-bond acceptors (Lipinski definition) is 3. The molecule has 1 N–H and O–H groups in total. The Morgan fingerprint density at radius 3 is 2.65 bits per heavy atom. The normalized spacial score (nSPS) is 10.7. The van der Waals surface area contributed by atoms with Crippen molar-refractivity contribution in [2.45, 2.75) is 19.8 Å². The standard InChI is InChI=1S/C14H14BrF2N3/c1-3-4-8-7-11(18-2)20-14(19-8)9-5-6-10(16)13(17)12(9)15/h5-7H,3-4H2,1-2H3,(H,18,19,20). The van der Waals surface area contributed by atoms with Crippen LogP contribution in [-0.4, -0.2) is 17.0 Å². The summed E-state index contributed by atoms with van der Waals surface area (Å²) in [5.74, 6) is -0.821. The summed E-state index contributed by atoms with van der Waals surface area (Å²) in [6, 6.07) is 4.39. The van der Waals surface area contributed by atoms with Gasteiger partial charge in [-0.05, 0) is 34.5 Å². The highest BCUT2D eigenvalue weighted by Crippen LogP contribution is 2.30. The zero-order valence-electron chi connectivity index (χ0n) is 11.2. The van der Waals surface area contributed by atoms with Crippen LogP contribution in [0.2, 0.25) is 0 Å². The molecule has 1 heterocycles. The fraction of sp³-hybridized carbons (Fsp3) is 0.286. The van der Waals surface area contributed by atoms with Crippen molar-refractivity contribution in [3.63, 3.8) is 0 Å². The van der Waals surface area contributed by atoms with Crippen LogP contribution in [0.25, 0.3) is 11.4 Å². The molecule has 0 spiro atoms. The molecule has 0 bridgehead atoms. The summed E-state index contributed by atoms with van der Waals surface area (Å²) in [5.41, 5.74) is 1.29. The lowest BCUT2D eigenvalue weighted by atomic mass is 10.2. The predicted molar refractivity (Wildman–Crippen MR) is 78.6 cm³/mol. The monoisotopic (exact) mass is 341 g/mol. The fourth-order valence-electron chi connectivity index (χ4n) is 1.83. The Kier molecular flexibility index (Phi) is 4.65. The van der Waals surface area contributed by atoms with Crippen molar-refractivity contribution in [3.8, 4) is 11.4 Å². The molecule has 0 aliphatic heterocycles. The molecule has 6 heteroatoms. The molecule has 0 aliphatic rings. The molecule has 106 valence electrons. The first-order chi connectivity index (χ1) is 9.56. The van der Waals surface area contributed by atoms with Gasteiger partial charge in [0.25, 0.3) is 0 Å². The van der Waals surface area contributed by atoms with Crippen molar-refractivity contribution in [3.05, 3.63) is 40.0 Å². The molecule has 3 nitrogen and oxygen atoms in total. The number of anilines is 1. The van der Waals surface area contributed by atoms with E-state index in [9.17, 15) is 8.78 Å². The third kappa shape index (κ3) is 2.95. The summed E-state index contributed by atoms with van der Waals surface area (Å²) in [6.07, 6.45) is 1.74. The lowest BCUT2D eigenvalue weighted by Crippen LogP contribution is -2.02. The Morgan fingerprint density at radius 2 is 2.00 bits per heavy atom. The van der Waals surface area contributed by atoms with E-state index in [2.05, 4.69) is 31.2 Å². The number of halogens is 3. The highest BCUT2D eigenvalue weighted by molar-refractivity contribution is 9.10. The maximum atomic E-state index is 13.6. The van der Waals surface area contributed by atoms with Crippen LogP contribution in [0.4, 0.5) is 14.6 Å².